The van der Waals surface area contributed by atoms with Gasteiger partial charge in [-0.1, -0.05) is 84.4 Å². The van der Waals surface area contributed by atoms with Gasteiger partial charge in [0.1, 0.15) is 5.75 Å². The summed E-state index contributed by atoms with van der Waals surface area (Å²) in [6, 6.07) is 30.9. The highest BCUT2D eigenvalue weighted by Crippen LogP contribution is 2.24. The number of rotatable bonds is 6. The number of amides is 1. The van der Waals surface area contributed by atoms with Gasteiger partial charge in [0.15, 0.2) is 6.61 Å². The van der Waals surface area contributed by atoms with Crippen LogP contribution in [-0.4, -0.2) is 12.5 Å². The molecule has 29 heavy (non-hydrogen) atoms. The van der Waals surface area contributed by atoms with E-state index in [2.05, 4.69) is 5.32 Å². The first-order chi connectivity index (χ1) is 14.2. The Morgan fingerprint density at radius 1 is 0.793 bits per heavy atom. The SMILES string of the molecule is O=C(COc1ccc2ccccc2c1)NC(c1ccccc1)c1ccc(Cl)cc1. The Kier molecular flexibility index (Phi) is 5.78. The van der Waals surface area contributed by atoms with E-state index >= 15 is 0 Å². The number of hydrogen-bond donors (Lipinski definition) is 1. The lowest BCUT2D eigenvalue weighted by molar-refractivity contribution is -0.123. The lowest BCUT2D eigenvalue weighted by Gasteiger charge is -2.20. The number of ether oxygens (including phenoxy) is 1. The van der Waals surface area contributed by atoms with Crippen LogP contribution in [0.25, 0.3) is 10.8 Å². The zero-order valence-electron chi connectivity index (χ0n) is 15.7. The molecule has 3 nitrogen and oxygen atoms in total. The van der Waals surface area contributed by atoms with Crippen molar-refractivity contribution in [1.82, 2.24) is 5.32 Å². The van der Waals surface area contributed by atoms with E-state index in [-0.39, 0.29) is 18.6 Å². The molecule has 1 unspecified atom stereocenters. The summed E-state index contributed by atoms with van der Waals surface area (Å²) in [4.78, 5) is 12.6. The van der Waals surface area contributed by atoms with Crippen molar-refractivity contribution in [2.75, 3.05) is 6.61 Å². The topological polar surface area (TPSA) is 38.3 Å². The maximum absolute atomic E-state index is 12.6. The fourth-order valence-electron chi connectivity index (χ4n) is 3.27. The first-order valence-electron chi connectivity index (χ1n) is 9.40. The average Bonchev–Trinajstić information content (AvgIpc) is 2.77. The Morgan fingerprint density at radius 2 is 1.45 bits per heavy atom. The first-order valence-corrected chi connectivity index (χ1v) is 9.78. The van der Waals surface area contributed by atoms with E-state index in [4.69, 9.17) is 16.3 Å². The van der Waals surface area contributed by atoms with Crippen molar-refractivity contribution in [2.45, 2.75) is 6.04 Å². The molecular weight excluding hydrogens is 382 g/mol. The number of benzene rings is 4. The Bertz CT molecular complexity index is 1110. The van der Waals surface area contributed by atoms with Crippen LogP contribution >= 0.6 is 11.6 Å². The largest absolute Gasteiger partial charge is 0.484 e. The molecule has 1 amide bonds. The van der Waals surface area contributed by atoms with Crippen molar-refractivity contribution in [3.05, 3.63) is 113 Å². The van der Waals surface area contributed by atoms with E-state index < -0.39 is 0 Å². The van der Waals surface area contributed by atoms with Crippen molar-refractivity contribution in [3.63, 3.8) is 0 Å². The molecule has 0 aromatic heterocycles. The first kappa shape index (κ1) is 19.0. The van der Waals surface area contributed by atoms with E-state index in [1.54, 1.807) is 0 Å². The summed E-state index contributed by atoms with van der Waals surface area (Å²) in [5.74, 6) is 0.476. The summed E-state index contributed by atoms with van der Waals surface area (Å²) in [7, 11) is 0. The molecule has 144 valence electrons. The van der Waals surface area contributed by atoms with Gasteiger partial charge in [-0.2, -0.15) is 0 Å². The minimum atomic E-state index is -0.277. The molecule has 1 N–H and O–H groups in total. The van der Waals surface area contributed by atoms with Crippen LogP contribution in [0.4, 0.5) is 0 Å². The molecule has 0 fully saturated rings. The van der Waals surface area contributed by atoms with Crippen LogP contribution in [0.5, 0.6) is 5.75 Å². The number of halogens is 1. The number of hydrogen-bond acceptors (Lipinski definition) is 2. The normalized spacial score (nSPS) is 11.8. The molecule has 4 aromatic rings. The molecule has 4 rings (SSSR count). The predicted molar refractivity (Wildman–Crippen MR) is 117 cm³/mol. The van der Waals surface area contributed by atoms with Crippen molar-refractivity contribution in [1.29, 1.82) is 0 Å². The van der Waals surface area contributed by atoms with Crippen LogP contribution in [0.1, 0.15) is 17.2 Å². The van der Waals surface area contributed by atoms with Gasteiger partial charge >= 0.3 is 0 Å². The van der Waals surface area contributed by atoms with Gasteiger partial charge < -0.3 is 10.1 Å². The van der Waals surface area contributed by atoms with Crippen LogP contribution in [0.3, 0.4) is 0 Å². The standard InChI is InChI=1S/C25H20ClNO2/c26-22-13-10-20(11-14-22)25(19-7-2-1-3-8-19)27-24(28)17-29-23-15-12-18-6-4-5-9-21(18)16-23/h1-16,25H,17H2,(H,27,28). The van der Waals surface area contributed by atoms with E-state index in [0.717, 1.165) is 21.9 Å². The van der Waals surface area contributed by atoms with E-state index in [1.807, 2.05) is 97.1 Å². The zero-order valence-corrected chi connectivity index (χ0v) is 16.5. The van der Waals surface area contributed by atoms with Crippen molar-refractivity contribution >= 4 is 28.3 Å². The smallest absolute Gasteiger partial charge is 0.258 e. The maximum atomic E-state index is 12.6. The molecule has 0 aliphatic carbocycles. The van der Waals surface area contributed by atoms with Gasteiger partial charge in [-0.25, -0.2) is 0 Å². The second-order valence-corrected chi connectivity index (χ2v) is 7.20. The van der Waals surface area contributed by atoms with Crippen LogP contribution in [0.15, 0.2) is 97.1 Å². The van der Waals surface area contributed by atoms with Crippen LogP contribution < -0.4 is 10.1 Å². The summed E-state index contributed by atoms with van der Waals surface area (Å²) < 4.78 is 5.73. The molecule has 1 atom stereocenters. The number of fused-ring (bicyclic) bond motifs is 1. The summed E-state index contributed by atoms with van der Waals surface area (Å²) in [6.07, 6.45) is 0. The van der Waals surface area contributed by atoms with Crippen LogP contribution in [0.2, 0.25) is 5.02 Å². The maximum Gasteiger partial charge on any atom is 0.258 e. The quantitative estimate of drug-likeness (QED) is 0.445. The lowest BCUT2D eigenvalue weighted by Crippen LogP contribution is -2.33. The Balaban J connectivity index is 1.48. The fraction of sp³-hybridized carbons (Fsp3) is 0.0800. The van der Waals surface area contributed by atoms with Crippen LogP contribution in [-0.2, 0) is 4.79 Å². The second-order valence-electron chi connectivity index (χ2n) is 6.76. The monoisotopic (exact) mass is 401 g/mol. The molecule has 4 heteroatoms. The minimum absolute atomic E-state index is 0.0603. The fourth-order valence-corrected chi connectivity index (χ4v) is 3.39. The molecule has 0 aliphatic rings. The van der Waals surface area contributed by atoms with Gasteiger partial charge in [0, 0.05) is 5.02 Å². The molecule has 4 aromatic carbocycles. The molecule has 0 radical (unpaired) electrons. The molecule has 0 saturated carbocycles. The summed E-state index contributed by atoms with van der Waals surface area (Å²) >= 11 is 6.02. The number of carbonyl (C=O) groups is 1. The van der Waals surface area contributed by atoms with Crippen molar-refractivity contribution < 1.29 is 9.53 Å². The highest BCUT2D eigenvalue weighted by atomic mass is 35.5. The van der Waals surface area contributed by atoms with Gasteiger partial charge in [0.2, 0.25) is 0 Å². The van der Waals surface area contributed by atoms with Gasteiger partial charge in [-0.3, -0.25) is 4.79 Å². The van der Waals surface area contributed by atoms with E-state index in [1.165, 1.54) is 0 Å². The summed E-state index contributed by atoms with van der Waals surface area (Å²) in [5.41, 5.74) is 1.95. The van der Waals surface area contributed by atoms with Crippen molar-refractivity contribution in [3.8, 4) is 5.75 Å². The molecular formula is C25H20ClNO2. The average molecular weight is 402 g/mol. The highest BCUT2D eigenvalue weighted by molar-refractivity contribution is 6.30. The van der Waals surface area contributed by atoms with Crippen molar-refractivity contribution in [2.24, 2.45) is 0 Å². The lowest BCUT2D eigenvalue weighted by atomic mass is 9.99. The predicted octanol–water partition coefficient (Wildman–Crippen LogP) is 5.78. The summed E-state index contributed by atoms with van der Waals surface area (Å²) in [5, 5.41) is 5.94. The Morgan fingerprint density at radius 3 is 2.21 bits per heavy atom. The third-order valence-electron chi connectivity index (χ3n) is 4.73. The summed E-state index contributed by atoms with van der Waals surface area (Å²) in [6.45, 7) is -0.0603. The van der Waals surface area contributed by atoms with Gasteiger partial charge in [-0.05, 0) is 46.2 Å². The van der Waals surface area contributed by atoms with E-state index in [0.29, 0.717) is 10.8 Å². The Labute approximate surface area is 174 Å². The Hall–Kier alpha value is -3.30. The van der Waals surface area contributed by atoms with Gasteiger partial charge in [0.25, 0.3) is 5.91 Å². The number of nitrogens with one attached hydrogen (secondary N) is 1. The molecule has 0 aliphatic heterocycles. The molecule has 0 saturated heterocycles. The third kappa shape index (κ3) is 4.76. The third-order valence-corrected chi connectivity index (χ3v) is 4.98. The minimum Gasteiger partial charge on any atom is -0.484 e. The zero-order chi connectivity index (χ0) is 20.1. The highest BCUT2D eigenvalue weighted by Gasteiger charge is 2.17. The van der Waals surface area contributed by atoms with Crippen LogP contribution in [0, 0.1) is 0 Å². The van der Waals surface area contributed by atoms with Gasteiger partial charge in [0.05, 0.1) is 6.04 Å². The second kappa shape index (κ2) is 8.80. The molecule has 0 heterocycles. The van der Waals surface area contributed by atoms with Gasteiger partial charge in [-0.15, -0.1) is 0 Å². The molecule has 0 bridgehead atoms. The number of carbonyl (C=O) groups excluding carboxylic acids is 1. The molecule has 0 spiro atoms. The van der Waals surface area contributed by atoms with E-state index in [9.17, 15) is 4.79 Å².